The van der Waals surface area contributed by atoms with Gasteiger partial charge in [0.05, 0.1) is 13.2 Å². The van der Waals surface area contributed by atoms with Crippen molar-refractivity contribution in [2.75, 3.05) is 13.2 Å². The van der Waals surface area contributed by atoms with Gasteiger partial charge in [0.1, 0.15) is 0 Å². The van der Waals surface area contributed by atoms with Crippen LogP contribution < -0.4 is 59.1 Å². The first kappa shape index (κ1) is 46.7. The zero-order valence-electron chi connectivity index (χ0n) is 25.1. The number of unbranched alkanes of at least 4 members (excludes halogenated alkanes) is 20. The Labute approximate surface area is 280 Å². The molecule has 0 spiro atoms. The molecular weight excluding hydrogens is 550 g/mol. The second kappa shape index (κ2) is 34.9. The van der Waals surface area contributed by atoms with Gasteiger partial charge in [-0.2, -0.15) is 8.42 Å². The third kappa shape index (κ3) is 50.6. The van der Waals surface area contributed by atoms with Gasteiger partial charge in [-0.3, -0.25) is 8.42 Å². The summed E-state index contributed by atoms with van der Waals surface area (Å²) in [5.41, 5.74) is 0. The Morgan fingerprint density at radius 3 is 0.816 bits per heavy atom. The SMILES string of the molecule is CCCCCCCCCCCCCOS(=O)(=O)OCCCCCCCCCCCCC.O=S(=O)([O-])[O-].[Na+].[Na+]. The van der Waals surface area contributed by atoms with Gasteiger partial charge in [-0.05, 0) is 12.8 Å². The molecule has 0 saturated heterocycles. The van der Waals surface area contributed by atoms with Gasteiger partial charge in [0, 0.05) is 10.4 Å². The van der Waals surface area contributed by atoms with Crippen LogP contribution in [-0.4, -0.2) is 39.2 Å². The Hall–Kier alpha value is 1.74. The summed E-state index contributed by atoms with van der Waals surface area (Å²) >= 11 is 0. The first-order valence-corrected chi connectivity index (χ1v) is 17.0. The Morgan fingerprint density at radius 2 is 0.605 bits per heavy atom. The van der Waals surface area contributed by atoms with E-state index >= 15 is 0 Å². The average Bonchev–Trinajstić information content (AvgIpc) is 2.79. The van der Waals surface area contributed by atoms with Gasteiger partial charge in [0.15, 0.2) is 0 Å². The van der Waals surface area contributed by atoms with Crippen LogP contribution >= 0.6 is 0 Å². The quantitative estimate of drug-likeness (QED) is 0.0629. The molecule has 0 unspecified atom stereocenters. The monoisotopic (exact) mass is 604 g/mol. The summed E-state index contributed by atoms with van der Waals surface area (Å²) in [6.07, 6.45) is 27.3. The molecule has 0 aromatic rings. The van der Waals surface area contributed by atoms with Crippen LogP contribution in [0, 0.1) is 0 Å². The van der Waals surface area contributed by atoms with Gasteiger partial charge < -0.3 is 9.11 Å². The van der Waals surface area contributed by atoms with Crippen LogP contribution in [0.5, 0.6) is 0 Å². The number of hydrogen-bond donors (Lipinski definition) is 0. The van der Waals surface area contributed by atoms with Crippen molar-refractivity contribution in [2.45, 2.75) is 155 Å². The van der Waals surface area contributed by atoms with Crippen LogP contribution in [0.25, 0.3) is 0 Å². The van der Waals surface area contributed by atoms with Gasteiger partial charge in [-0.25, -0.2) is 8.37 Å². The first-order chi connectivity index (χ1) is 17.1. The van der Waals surface area contributed by atoms with E-state index in [2.05, 4.69) is 13.8 Å². The molecule has 0 heterocycles. The molecule has 38 heavy (non-hydrogen) atoms. The third-order valence-corrected chi connectivity index (χ3v) is 6.86. The number of hydrogen-bond acceptors (Lipinski definition) is 8. The Morgan fingerprint density at radius 1 is 0.421 bits per heavy atom. The van der Waals surface area contributed by atoms with Gasteiger partial charge in [-0.1, -0.05) is 142 Å². The Kier molecular flexibility index (Phi) is 42.9. The van der Waals surface area contributed by atoms with Gasteiger partial charge >= 0.3 is 69.5 Å². The number of rotatable bonds is 26. The average molecular weight is 605 g/mol. The van der Waals surface area contributed by atoms with Crippen molar-refractivity contribution < 1.29 is 93.4 Å². The fourth-order valence-corrected chi connectivity index (χ4v) is 4.60. The minimum absolute atomic E-state index is 0. The predicted octanol–water partition coefficient (Wildman–Crippen LogP) is 1.56. The molecule has 0 saturated carbocycles. The summed E-state index contributed by atoms with van der Waals surface area (Å²) in [7, 11) is -8.97. The summed E-state index contributed by atoms with van der Waals surface area (Å²) in [5, 5.41) is 0. The van der Waals surface area contributed by atoms with Crippen LogP contribution in [0.1, 0.15) is 155 Å². The van der Waals surface area contributed by atoms with E-state index in [0.717, 1.165) is 38.5 Å². The van der Waals surface area contributed by atoms with Crippen molar-refractivity contribution in [3.63, 3.8) is 0 Å². The molecule has 0 aliphatic heterocycles. The van der Waals surface area contributed by atoms with Crippen molar-refractivity contribution in [1.82, 2.24) is 0 Å². The van der Waals surface area contributed by atoms with Gasteiger partial charge in [0.2, 0.25) is 0 Å². The molecule has 0 rings (SSSR count). The van der Waals surface area contributed by atoms with Crippen molar-refractivity contribution in [3.8, 4) is 0 Å². The van der Waals surface area contributed by atoms with Crippen molar-refractivity contribution >= 4 is 20.8 Å². The topological polar surface area (TPSA) is 133 Å². The fourth-order valence-electron chi connectivity index (χ4n) is 3.89. The van der Waals surface area contributed by atoms with Crippen LogP contribution in [-0.2, 0) is 29.2 Å². The molecule has 0 N–H and O–H groups in total. The minimum atomic E-state index is -5.17. The standard InChI is InChI=1S/C26H54O4S.2Na.H2O4S/c1-3-5-7-9-11-13-15-17-19-21-23-25-29-31(27,28)30-26-24-22-20-18-16-14-12-10-8-6-4-2;;;1-5(2,3)4/h3-26H2,1-2H3;;;(H2,1,2,3,4)/q;2*+1;/p-2. The second-order valence-electron chi connectivity index (χ2n) is 9.53. The molecule has 12 heteroatoms. The van der Waals surface area contributed by atoms with Gasteiger partial charge in [0.25, 0.3) is 0 Å². The molecule has 0 aliphatic rings. The molecule has 0 aromatic heterocycles. The molecule has 0 radical (unpaired) electrons. The molecule has 0 fully saturated rings. The Balaban J connectivity index is -0.000000749. The van der Waals surface area contributed by atoms with Crippen molar-refractivity contribution in [2.24, 2.45) is 0 Å². The van der Waals surface area contributed by atoms with E-state index in [9.17, 15) is 8.42 Å². The van der Waals surface area contributed by atoms with E-state index in [1.165, 1.54) is 103 Å². The molecule has 8 nitrogen and oxygen atoms in total. The van der Waals surface area contributed by atoms with Crippen LogP contribution in [0.2, 0.25) is 0 Å². The summed E-state index contributed by atoms with van der Waals surface area (Å²) in [5.74, 6) is 0. The maximum atomic E-state index is 11.8. The van der Waals surface area contributed by atoms with Crippen LogP contribution in [0.4, 0.5) is 0 Å². The molecule has 0 aliphatic carbocycles. The second-order valence-corrected chi connectivity index (χ2v) is 11.6. The maximum absolute atomic E-state index is 11.8. The normalized spacial score (nSPS) is 11.3. The summed E-state index contributed by atoms with van der Waals surface area (Å²) in [6.45, 7) is 5.00. The smallest absolute Gasteiger partial charge is 0.759 e. The molecule has 0 atom stereocenters. The predicted molar refractivity (Wildman–Crippen MR) is 144 cm³/mol. The summed E-state index contributed by atoms with van der Waals surface area (Å²) in [6, 6.07) is 0. The van der Waals surface area contributed by atoms with Crippen molar-refractivity contribution in [1.29, 1.82) is 0 Å². The van der Waals surface area contributed by atoms with E-state index in [0.29, 0.717) is 0 Å². The third-order valence-electron chi connectivity index (χ3n) is 5.95. The van der Waals surface area contributed by atoms with E-state index in [1.54, 1.807) is 0 Å². The maximum Gasteiger partial charge on any atom is 1.00 e. The fraction of sp³-hybridized carbons (Fsp3) is 1.00. The van der Waals surface area contributed by atoms with Gasteiger partial charge in [-0.15, -0.1) is 0 Å². The zero-order valence-corrected chi connectivity index (χ0v) is 30.7. The van der Waals surface area contributed by atoms with E-state index in [4.69, 9.17) is 25.9 Å². The van der Waals surface area contributed by atoms with Crippen LogP contribution in [0.15, 0.2) is 0 Å². The minimum Gasteiger partial charge on any atom is -0.759 e. The van der Waals surface area contributed by atoms with Crippen molar-refractivity contribution in [3.05, 3.63) is 0 Å². The van der Waals surface area contributed by atoms with E-state index in [1.807, 2.05) is 0 Å². The zero-order chi connectivity index (χ0) is 27.4. The summed E-state index contributed by atoms with van der Waals surface area (Å²) < 4.78 is 67.5. The van der Waals surface area contributed by atoms with E-state index in [-0.39, 0.29) is 72.3 Å². The molecule has 0 amide bonds. The molecule has 220 valence electrons. The largest absolute Gasteiger partial charge is 1.00 e. The Bertz CT molecular complexity index is 606. The summed E-state index contributed by atoms with van der Waals surface area (Å²) in [4.78, 5) is 0. The first-order valence-electron chi connectivity index (χ1n) is 14.3. The molecular formula is C26H54Na2O8S2. The van der Waals surface area contributed by atoms with Crippen LogP contribution in [0.3, 0.4) is 0 Å². The molecule has 0 aromatic carbocycles. The molecule has 0 bridgehead atoms. The van der Waals surface area contributed by atoms with E-state index < -0.39 is 20.8 Å².